The first-order chi connectivity index (χ1) is 15.6. The van der Waals surface area contributed by atoms with Gasteiger partial charge in [-0.1, -0.05) is 30.3 Å². The first kappa shape index (κ1) is 20.2. The summed E-state index contributed by atoms with van der Waals surface area (Å²) >= 11 is 0. The van der Waals surface area contributed by atoms with Crippen LogP contribution in [0.3, 0.4) is 0 Å². The van der Waals surface area contributed by atoms with Gasteiger partial charge >= 0.3 is 5.69 Å². The maximum absolute atomic E-state index is 13.0. The Kier molecular flexibility index (Phi) is 5.34. The summed E-state index contributed by atoms with van der Waals surface area (Å²) in [4.78, 5) is 35.1. The molecular formula is C24H26N6O2. The van der Waals surface area contributed by atoms with Gasteiger partial charge in [0.25, 0.3) is 5.91 Å². The summed E-state index contributed by atoms with van der Waals surface area (Å²) in [6.07, 6.45) is 3.22. The largest absolute Gasteiger partial charge is 0.346 e. The van der Waals surface area contributed by atoms with E-state index < -0.39 is 0 Å². The van der Waals surface area contributed by atoms with Gasteiger partial charge in [0.05, 0.1) is 23.9 Å². The third-order valence-electron chi connectivity index (χ3n) is 6.26. The van der Waals surface area contributed by atoms with E-state index in [9.17, 15) is 9.59 Å². The summed E-state index contributed by atoms with van der Waals surface area (Å²) < 4.78 is 3.34. The van der Waals surface area contributed by atoms with E-state index in [4.69, 9.17) is 5.10 Å². The second-order valence-corrected chi connectivity index (χ2v) is 8.23. The van der Waals surface area contributed by atoms with Crippen LogP contribution in [0.15, 0.2) is 59.7 Å². The number of amides is 1. The number of carbonyl (C=O) groups is 1. The van der Waals surface area contributed by atoms with E-state index in [1.165, 1.54) is 0 Å². The SMILES string of the molecule is CCn1c(C2CCN(C(=O)c3ccc4nc[nH]c4c3)CC2)nn(Cc2ccccc2)c1=O. The maximum atomic E-state index is 13.0. The Hall–Kier alpha value is -3.68. The first-order valence-corrected chi connectivity index (χ1v) is 11.1. The highest BCUT2D eigenvalue weighted by Crippen LogP contribution is 2.27. The molecule has 2 aromatic carbocycles. The number of hydrogen-bond acceptors (Lipinski definition) is 4. The number of aromatic nitrogens is 5. The van der Waals surface area contributed by atoms with Crippen molar-refractivity contribution in [1.82, 2.24) is 29.2 Å². The first-order valence-electron chi connectivity index (χ1n) is 11.1. The van der Waals surface area contributed by atoms with E-state index >= 15 is 0 Å². The fourth-order valence-electron chi connectivity index (χ4n) is 4.51. The van der Waals surface area contributed by atoms with Crippen LogP contribution < -0.4 is 5.69 Å². The fraction of sp³-hybridized carbons (Fsp3) is 0.333. The van der Waals surface area contributed by atoms with Crippen LogP contribution in [-0.2, 0) is 13.1 Å². The Balaban J connectivity index is 1.30. The molecule has 5 rings (SSSR count). The number of carbonyl (C=O) groups excluding carboxylic acids is 1. The zero-order chi connectivity index (χ0) is 22.1. The van der Waals surface area contributed by atoms with Gasteiger partial charge in [-0.25, -0.2) is 14.5 Å². The van der Waals surface area contributed by atoms with Gasteiger partial charge in [-0.15, -0.1) is 0 Å². The van der Waals surface area contributed by atoms with E-state index in [2.05, 4.69) is 9.97 Å². The van der Waals surface area contributed by atoms with Crippen molar-refractivity contribution in [1.29, 1.82) is 0 Å². The molecule has 0 unspecified atom stereocenters. The number of hydrogen-bond donors (Lipinski definition) is 1. The van der Waals surface area contributed by atoms with Gasteiger partial charge in [0.1, 0.15) is 5.82 Å². The molecule has 1 aliphatic heterocycles. The second kappa shape index (κ2) is 8.45. The summed E-state index contributed by atoms with van der Waals surface area (Å²) in [5.74, 6) is 1.03. The molecule has 1 amide bonds. The van der Waals surface area contributed by atoms with Crippen molar-refractivity contribution in [3.63, 3.8) is 0 Å². The predicted octanol–water partition coefficient (Wildman–Crippen LogP) is 3.01. The molecule has 0 aliphatic carbocycles. The lowest BCUT2D eigenvalue weighted by atomic mass is 9.95. The number of aromatic amines is 1. The summed E-state index contributed by atoms with van der Waals surface area (Å²) in [7, 11) is 0. The number of rotatable bonds is 5. The van der Waals surface area contributed by atoms with Crippen molar-refractivity contribution in [2.24, 2.45) is 0 Å². The van der Waals surface area contributed by atoms with Gasteiger partial charge in [-0.3, -0.25) is 9.36 Å². The monoisotopic (exact) mass is 430 g/mol. The number of nitrogens with one attached hydrogen (secondary N) is 1. The summed E-state index contributed by atoms with van der Waals surface area (Å²) in [6, 6.07) is 15.5. The van der Waals surface area contributed by atoms with Crippen molar-refractivity contribution in [3.05, 3.63) is 82.3 Å². The normalized spacial score (nSPS) is 14.8. The Morgan fingerprint density at radius 3 is 2.66 bits per heavy atom. The van der Waals surface area contributed by atoms with Crippen LogP contribution in [0.2, 0.25) is 0 Å². The molecule has 164 valence electrons. The van der Waals surface area contributed by atoms with Crippen LogP contribution in [0.25, 0.3) is 11.0 Å². The number of benzene rings is 2. The van der Waals surface area contributed by atoms with Gasteiger partial charge in [-0.2, -0.15) is 5.10 Å². The molecule has 1 fully saturated rings. The minimum Gasteiger partial charge on any atom is -0.345 e. The van der Waals surface area contributed by atoms with Gasteiger partial charge in [0.2, 0.25) is 0 Å². The molecule has 4 aromatic rings. The lowest BCUT2D eigenvalue weighted by Crippen LogP contribution is -2.38. The highest BCUT2D eigenvalue weighted by Gasteiger charge is 2.29. The topological polar surface area (TPSA) is 88.8 Å². The smallest absolute Gasteiger partial charge is 0.345 e. The van der Waals surface area contributed by atoms with Gasteiger partial charge in [0.15, 0.2) is 0 Å². The van der Waals surface area contributed by atoms with Crippen LogP contribution >= 0.6 is 0 Å². The predicted molar refractivity (Wildman–Crippen MR) is 122 cm³/mol. The minimum absolute atomic E-state index is 0.0300. The molecule has 1 aliphatic rings. The highest BCUT2D eigenvalue weighted by atomic mass is 16.2. The molecule has 0 atom stereocenters. The number of fused-ring (bicyclic) bond motifs is 1. The molecule has 8 heteroatoms. The molecule has 1 N–H and O–H groups in total. The van der Waals surface area contributed by atoms with E-state index in [1.807, 2.05) is 60.4 Å². The maximum Gasteiger partial charge on any atom is 0.346 e. The third kappa shape index (κ3) is 3.72. The van der Waals surface area contributed by atoms with E-state index in [1.54, 1.807) is 15.6 Å². The zero-order valence-corrected chi connectivity index (χ0v) is 18.1. The quantitative estimate of drug-likeness (QED) is 0.527. The van der Waals surface area contributed by atoms with E-state index in [0.717, 1.165) is 35.3 Å². The van der Waals surface area contributed by atoms with Crippen LogP contribution in [0.5, 0.6) is 0 Å². The Labute approximate surface area is 185 Å². The van der Waals surface area contributed by atoms with Crippen molar-refractivity contribution >= 4 is 16.9 Å². The molecule has 8 nitrogen and oxygen atoms in total. The molecule has 32 heavy (non-hydrogen) atoms. The number of H-pyrrole nitrogens is 1. The lowest BCUT2D eigenvalue weighted by Gasteiger charge is -2.31. The van der Waals surface area contributed by atoms with Gasteiger partial charge < -0.3 is 9.88 Å². The van der Waals surface area contributed by atoms with Gasteiger partial charge in [-0.05, 0) is 43.5 Å². The van der Waals surface area contributed by atoms with Crippen molar-refractivity contribution in [2.45, 2.75) is 38.8 Å². The summed E-state index contributed by atoms with van der Waals surface area (Å²) in [5.41, 5.74) is 3.36. The molecule has 0 spiro atoms. The van der Waals surface area contributed by atoms with Crippen LogP contribution in [0.4, 0.5) is 0 Å². The summed E-state index contributed by atoms with van der Waals surface area (Å²) in [5, 5.41) is 4.71. The Morgan fingerprint density at radius 2 is 1.91 bits per heavy atom. The molecule has 2 aromatic heterocycles. The third-order valence-corrected chi connectivity index (χ3v) is 6.26. The van der Waals surface area contributed by atoms with Crippen LogP contribution in [0.1, 0.15) is 47.4 Å². The number of piperidine rings is 1. The standard InChI is InChI=1S/C24H26N6O2/c1-2-29-22(27-30(24(29)32)15-17-6-4-3-5-7-17)18-10-12-28(13-11-18)23(31)19-8-9-20-21(14-19)26-16-25-20/h3-9,14,16,18H,2,10-13,15H2,1H3,(H,25,26). The number of likely N-dealkylation sites (tertiary alicyclic amines) is 1. The average molecular weight is 431 g/mol. The number of imidazole rings is 1. The molecule has 0 saturated carbocycles. The van der Waals surface area contributed by atoms with Crippen molar-refractivity contribution < 1.29 is 4.79 Å². The fourth-order valence-corrected chi connectivity index (χ4v) is 4.51. The molecular weight excluding hydrogens is 404 g/mol. The lowest BCUT2D eigenvalue weighted by molar-refractivity contribution is 0.0710. The molecule has 3 heterocycles. The highest BCUT2D eigenvalue weighted by molar-refractivity contribution is 5.97. The average Bonchev–Trinajstić information content (AvgIpc) is 3.43. The Bertz CT molecular complexity index is 1300. The van der Waals surface area contributed by atoms with E-state index in [-0.39, 0.29) is 17.5 Å². The second-order valence-electron chi connectivity index (χ2n) is 8.23. The van der Waals surface area contributed by atoms with Crippen LogP contribution in [0, 0.1) is 0 Å². The number of nitrogens with zero attached hydrogens (tertiary/aromatic N) is 5. The Morgan fingerprint density at radius 1 is 1.12 bits per heavy atom. The van der Waals surface area contributed by atoms with Crippen molar-refractivity contribution in [2.75, 3.05) is 13.1 Å². The van der Waals surface area contributed by atoms with Crippen molar-refractivity contribution in [3.8, 4) is 0 Å². The molecule has 1 saturated heterocycles. The molecule has 0 radical (unpaired) electrons. The zero-order valence-electron chi connectivity index (χ0n) is 18.1. The van der Waals surface area contributed by atoms with E-state index in [0.29, 0.717) is 31.7 Å². The van der Waals surface area contributed by atoms with Crippen LogP contribution in [-0.4, -0.2) is 48.2 Å². The minimum atomic E-state index is -0.0716. The summed E-state index contributed by atoms with van der Waals surface area (Å²) in [6.45, 7) is 4.32. The molecule has 0 bridgehead atoms. The van der Waals surface area contributed by atoms with Gasteiger partial charge in [0, 0.05) is 31.1 Å².